The van der Waals surface area contributed by atoms with Gasteiger partial charge in [0.05, 0.1) is 25.0 Å². The van der Waals surface area contributed by atoms with E-state index < -0.39 is 12.6 Å². The molecule has 6 N–H and O–H groups in total. The topological polar surface area (TPSA) is 133 Å². The Morgan fingerprint density at radius 3 is 2.71 bits per heavy atom. The number of rotatable bonds is 5. The second-order valence-electron chi connectivity index (χ2n) is 4.90. The van der Waals surface area contributed by atoms with Gasteiger partial charge in [0.25, 0.3) is 0 Å². The predicted octanol–water partition coefficient (Wildman–Crippen LogP) is 1.45. The van der Waals surface area contributed by atoms with Crippen molar-refractivity contribution >= 4 is 23.4 Å². The normalized spacial score (nSPS) is 10.1. The van der Waals surface area contributed by atoms with Gasteiger partial charge in [0.1, 0.15) is 5.82 Å². The second kappa shape index (κ2) is 7.93. The van der Waals surface area contributed by atoms with Gasteiger partial charge < -0.3 is 20.9 Å². The number of amides is 2. The number of nitrogens with zero attached hydrogens (tertiary/aromatic N) is 1. The maximum atomic E-state index is 11.9. The molecule has 0 spiro atoms. The summed E-state index contributed by atoms with van der Waals surface area (Å²) in [7, 11) is 1.33. The predicted molar refractivity (Wildman–Crippen MR) is 90.7 cm³/mol. The molecule has 2 aromatic rings. The lowest BCUT2D eigenvalue weighted by atomic mass is 10.1. The summed E-state index contributed by atoms with van der Waals surface area (Å²) in [5, 5.41) is 22.3. The molecule has 0 aliphatic heterocycles. The maximum absolute atomic E-state index is 11.9. The lowest BCUT2D eigenvalue weighted by Crippen LogP contribution is -2.29. The number of hydrogen-bond donors (Lipinski definition) is 5. The van der Waals surface area contributed by atoms with Crippen molar-refractivity contribution in [2.75, 3.05) is 18.2 Å². The van der Waals surface area contributed by atoms with E-state index in [4.69, 9.17) is 15.9 Å². The summed E-state index contributed by atoms with van der Waals surface area (Å²) in [6.45, 7) is -0.0756. The lowest BCUT2D eigenvalue weighted by molar-refractivity contribution is 0.251. The van der Waals surface area contributed by atoms with E-state index in [0.29, 0.717) is 6.54 Å². The molecule has 0 atom stereocenters. The number of carbonyl (C=O) groups is 1. The number of hydrogen-bond acceptors (Lipinski definition) is 6. The van der Waals surface area contributed by atoms with Gasteiger partial charge >= 0.3 is 6.03 Å². The van der Waals surface area contributed by atoms with Crippen LogP contribution in [-0.4, -0.2) is 29.1 Å². The van der Waals surface area contributed by atoms with Crippen LogP contribution < -0.4 is 16.4 Å². The van der Waals surface area contributed by atoms with Crippen LogP contribution in [0.3, 0.4) is 0 Å². The zero-order valence-electron chi connectivity index (χ0n) is 13.2. The van der Waals surface area contributed by atoms with Crippen molar-refractivity contribution in [2.24, 2.45) is 0 Å². The third-order valence-electron chi connectivity index (χ3n) is 3.24. The third-order valence-corrected chi connectivity index (χ3v) is 3.24. The summed E-state index contributed by atoms with van der Waals surface area (Å²) >= 11 is 0. The minimum absolute atomic E-state index is 0.153. The molecule has 2 rings (SSSR count). The van der Waals surface area contributed by atoms with E-state index in [9.17, 15) is 9.90 Å². The van der Waals surface area contributed by atoms with Crippen molar-refractivity contribution in [2.45, 2.75) is 13.2 Å². The number of ether oxygens (including phenoxy) is 1. The third kappa shape index (κ3) is 4.20. The summed E-state index contributed by atoms with van der Waals surface area (Å²) in [4.78, 5) is 16.0. The van der Waals surface area contributed by atoms with Crippen LogP contribution in [0.4, 0.5) is 16.3 Å². The summed E-state index contributed by atoms with van der Waals surface area (Å²) in [6.07, 6.45) is 0. The molecular weight excluding hydrogens is 310 g/mol. The number of pyridine rings is 1. The summed E-state index contributed by atoms with van der Waals surface area (Å²) in [5.74, 6) is -0.0288. The standard InChI is InChI=1S/C16H19N5O3/c1-24-15(18)14-11(17)7-13(20-12(14)9-22)21-16(23)19-8-10-5-3-2-4-6-10/h2-7,18,22H,8-9H2,1H3,(H4,17,19,20,21,23). The average molecular weight is 329 g/mol. The molecule has 0 radical (unpaired) electrons. The van der Waals surface area contributed by atoms with Gasteiger partial charge in [-0.3, -0.25) is 10.7 Å². The second-order valence-corrected chi connectivity index (χ2v) is 4.90. The number of aromatic nitrogens is 1. The van der Waals surface area contributed by atoms with Gasteiger partial charge in [-0.25, -0.2) is 9.78 Å². The molecule has 0 bridgehead atoms. The van der Waals surface area contributed by atoms with E-state index >= 15 is 0 Å². The molecule has 1 heterocycles. The van der Waals surface area contributed by atoms with Crippen molar-refractivity contribution in [1.82, 2.24) is 10.3 Å². The van der Waals surface area contributed by atoms with Crippen molar-refractivity contribution in [1.29, 1.82) is 5.41 Å². The SMILES string of the molecule is COC(=N)c1c(N)cc(NC(=O)NCc2ccccc2)nc1CO. The highest BCUT2D eigenvalue weighted by Gasteiger charge is 2.16. The Balaban J connectivity index is 2.08. The molecule has 0 aliphatic rings. The van der Waals surface area contributed by atoms with Gasteiger partial charge in [-0.05, 0) is 5.56 Å². The monoisotopic (exact) mass is 329 g/mol. The van der Waals surface area contributed by atoms with Crippen LogP contribution in [0.5, 0.6) is 0 Å². The van der Waals surface area contributed by atoms with Gasteiger partial charge in [-0.15, -0.1) is 0 Å². The quantitative estimate of drug-likeness (QED) is 0.418. The van der Waals surface area contributed by atoms with E-state index in [2.05, 4.69) is 15.6 Å². The molecule has 24 heavy (non-hydrogen) atoms. The van der Waals surface area contributed by atoms with Crippen LogP contribution in [0.2, 0.25) is 0 Å². The van der Waals surface area contributed by atoms with E-state index in [1.54, 1.807) is 0 Å². The lowest BCUT2D eigenvalue weighted by Gasteiger charge is -2.13. The highest BCUT2D eigenvalue weighted by atomic mass is 16.5. The molecule has 0 unspecified atom stereocenters. The number of carbonyl (C=O) groups excluding carboxylic acids is 1. The molecule has 8 heteroatoms. The highest BCUT2D eigenvalue weighted by molar-refractivity contribution is 5.99. The fraction of sp³-hybridized carbons (Fsp3) is 0.188. The number of anilines is 2. The van der Waals surface area contributed by atoms with Crippen LogP contribution in [-0.2, 0) is 17.9 Å². The van der Waals surface area contributed by atoms with Crippen molar-refractivity contribution in [3.8, 4) is 0 Å². The number of urea groups is 1. The van der Waals surface area contributed by atoms with E-state index in [0.717, 1.165) is 5.56 Å². The molecule has 0 saturated heterocycles. The van der Waals surface area contributed by atoms with Gasteiger partial charge in [0.15, 0.2) is 0 Å². The number of nitrogens with one attached hydrogen (secondary N) is 3. The molecule has 8 nitrogen and oxygen atoms in total. The number of benzene rings is 1. The van der Waals surface area contributed by atoms with Gasteiger partial charge in [-0.1, -0.05) is 30.3 Å². The number of nitrogen functional groups attached to an aromatic ring is 1. The first-order valence-corrected chi connectivity index (χ1v) is 7.17. The van der Waals surface area contributed by atoms with Crippen LogP contribution in [0.1, 0.15) is 16.8 Å². The maximum Gasteiger partial charge on any atom is 0.320 e. The van der Waals surface area contributed by atoms with Crippen LogP contribution in [0.15, 0.2) is 36.4 Å². The first kappa shape index (κ1) is 17.2. The number of aliphatic hydroxyl groups is 1. The molecule has 126 valence electrons. The largest absolute Gasteiger partial charge is 0.481 e. The number of aliphatic hydroxyl groups excluding tert-OH is 1. The minimum atomic E-state index is -0.454. The zero-order valence-corrected chi connectivity index (χ0v) is 13.2. The summed E-state index contributed by atoms with van der Waals surface area (Å²) in [6, 6.07) is 10.4. The first-order valence-electron chi connectivity index (χ1n) is 7.17. The molecule has 1 aromatic carbocycles. The first-order chi connectivity index (χ1) is 11.5. The number of methoxy groups -OCH3 is 1. The van der Waals surface area contributed by atoms with E-state index in [1.807, 2.05) is 30.3 Å². The Morgan fingerprint density at radius 1 is 1.38 bits per heavy atom. The Hall–Kier alpha value is -3.13. The van der Waals surface area contributed by atoms with Crippen molar-refractivity contribution in [3.63, 3.8) is 0 Å². The van der Waals surface area contributed by atoms with Gasteiger partial charge in [0.2, 0.25) is 5.90 Å². The molecule has 2 amide bonds. The van der Waals surface area contributed by atoms with Crippen molar-refractivity contribution < 1.29 is 14.6 Å². The Labute approximate surface area is 139 Å². The number of nitrogens with two attached hydrogens (primary N) is 1. The Morgan fingerprint density at radius 2 is 2.08 bits per heavy atom. The fourth-order valence-electron chi connectivity index (χ4n) is 2.10. The van der Waals surface area contributed by atoms with Gasteiger partial charge in [-0.2, -0.15) is 0 Å². The molecule has 0 aliphatic carbocycles. The summed E-state index contributed by atoms with van der Waals surface area (Å²) < 4.78 is 4.82. The molecular formula is C16H19N5O3. The van der Waals surface area contributed by atoms with E-state index in [-0.39, 0.29) is 28.7 Å². The van der Waals surface area contributed by atoms with Crippen LogP contribution >= 0.6 is 0 Å². The van der Waals surface area contributed by atoms with Crippen LogP contribution in [0.25, 0.3) is 0 Å². The zero-order chi connectivity index (χ0) is 17.5. The highest BCUT2D eigenvalue weighted by Crippen LogP contribution is 2.21. The van der Waals surface area contributed by atoms with E-state index in [1.165, 1.54) is 13.2 Å². The summed E-state index contributed by atoms with van der Waals surface area (Å²) in [5.41, 5.74) is 7.37. The van der Waals surface area contributed by atoms with Gasteiger partial charge in [0, 0.05) is 18.3 Å². The minimum Gasteiger partial charge on any atom is -0.481 e. The Kier molecular flexibility index (Phi) is 5.69. The molecule has 0 fully saturated rings. The Bertz CT molecular complexity index is 734. The smallest absolute Gasteiger partial charge is 0.320 e. The van der Waals surface area contributed by atoms with Crippen molar-refractivity contribution in [3.05, 3.63) is 53.2 Å². The van der Waals surface area contributed by atoms with Crippen LogP contribution in [0, 0.1) is 5.41 Å². The molecule has 0 saturated carbocycles. The molecule has 1 aromatic heterocycles. The average Bonchev–Trinajstić information content (AvgIpc) is 2.59. The fourth-order valence-corrected chi connectivity index (χ4v) is 2.10.